The van der Waals surface area contributed by atoms with Crippen LogP contribution in [0.1, 0.15) is 55.5 Å². The summed E-state index contributed by atoms with van der Waals surface area (Å²) in [5, 5.41) is 0. The van der Waals surface area contributed by atoms with Gasteiger partial charge in [0, 0.05) is 29.8 Å². The molecule has 0 unspecified atom stereocenters. The van der Waals surface area contributed by atoms with Gasteiger partial charge in [0.1, 0.15) is 11.8 Å². The van der Waals surface area contributed by atoms with Crippen molar-refractivity contribution in [1.29, 1.82) is 0 Å². The SMILES string of the molecule is Cc1cc(OCC(=O)N2CCC[C@@H]2C(N)=O)cc(=O)n1[C@H](C)c1ccc(C#CC2CC2)cc1. The number of rotatable bonds is 6. The summed E-state index contributed by atoms with van der Waals surface area (Å²) in [5.41, 5.74) is 7.88. The molecule has 2 atom stereocenters. The summed E-state index contributed by atoms with van der Waals surface area (Å²) in [5.74, 6) is 6.53. The number of primary amides is 1. The van der Waals surface area contributed by atoms with Crippen molar-refractivity contribution >= 4 is 11.8 Å². The molecule has 7 nitrogen and oxygen atoms in total. The molecule has 1 aromatic heterocycles. The summed E-state index contributed by atoms with van der Waals surface area (Å²) >= 11 is 0. The second-order valence-electron chi connectivity index (χ2n) is 8.82. The number of aromatic nitrogens is 1. The maximum absolute atomic E-state index is 12.9. The van der Waals surface area contributed by atoms with Crippen molar-refractivity contribution in [2.24, 2.45) is 11.7 Å². The lowest BCUT2D eigenvalue weighted by Crippen LogP contribution is -2.45. The van der Waals surface area contributed by atoms with Crippen molar-refractivity contribution in [2.75, 3.05) is 13.2 Å². The van der Waals surface area contributed by atoms with Crippen LogP contribution in [-0.2, 0) is 9.59 Å². The Kier molecular flexibility index (Phi) is 6.55. The number of likely N-dealkylation sites (tertiary alicyclic amines) is 1. The molecule has 0 bridgehead atoms. The van der Waals surface area contributed by atoms with E-state index in [1.54, 1.807) is 10.6 Å². The van der Waals surface area contributed by atoms with Crippen molar-refractivity contribution in [3.63, 3.8) is 0 Å². The quantitative estimate of drug-likeness (QED) is 0.688. The number of amides is 2. The number of nitrogens with two attached hydrogens (primary N) is 1. The lowest BCUT2D eigenvalue weighted by molar-refractivity contribution is -0.138. The van der Waals surface area contributed by atoms with Gasteiger partial charge in [-0.1, -0.05) is 24.0 Å². The molecule has 33 heavy (non-hydrogen) atoms. The first kappa shape index (κ1) is 22.7. The second-order valence-corrected chi connectivity index (χ2v) is 8.82. The molecule has 2 aromatic rings. The second kappa shape index (κ2) is 9.53. The molecule has 2 amide bonds. The molecular weight excluding hydrogens is 418 g/mol. The van der Waals surface area contributed by atoms with Crippen molar-refractivity contribution in [3.05, 3.63) is 63.6 Å². The third kappa shape index (κ3) is 5.28. The van der Waals surface area contributed by atoms with E-state index in [-0.39, 0.29) is 24.1 Å². The Morgan fingerprint density at radius 2 is 1.91 bits per heavy atom. The molecule has 4 rings (SSSR count). The third-order valence-electron chi connectivity index (χ3n) is 6.28. The molecule has 1 aliphatic carbocycles. The first-order valence-electron chi connectivity index (χ1n) is 11.4. The van der Waals surface area contributed by atoms with Crippen molar-refractivity contribution in [2.45, 2.75) is 51.6 Å². The van der Waals surface area contributed by atoms with Gasteiger partial charge in [-0.3, -0.25) is 14.4 Å². The Bertz CT molecular complexity index is 1170. The number of ether oxygens (including phenoxy) is 1. The van der Waals surface area contributed by atoms with E-state index >= 15 is 0 Å². The highest BCUT2D eigenvalue weighted by Gasteiger charge is 2.32. The molecule has 1 aliphatic heterocycles. The van der Waals surface area contributed by atoms with Crippen LogP contribution in [0.15, 0.2) is 41.2 Å². The Balaban J connectivity index is 1.43. The third-order valence-corrected chi connectivity index (χ3v) is 6.28. The summed E-state index contributed by atoms with van der Waals surface area (Å²) in [6.45, 7) is 4.05. The Hall–Kier alpha value is -3.53. The van der Waals surface area contributed by atoms with Gasteiger partial charge in [0.15, 0.2) is 6.61 Å². The summed E-state index contributed by atoms with van der Waals surface area (Å²) in [6, 6.07) is 10.4. The minimum Gasteiger partial charge on any atom is -0.484 e. The van der Waals surface area contributed by atoms with Crippen LogP contribution in [0.3, 0.4) is 0 Å². The largest absolute Gasteiger partial charge is 0.484 e. The zero-order valence-electron chi connectivity index (χ0n) is 19.0. The molecule has 1 saturated heterocycles. The highest BCUT2D eigenvalue weighted by molar-refractivity contribution is 5.87. The van der Waals surface area contributed by atoms with Gasteiger partial charge < -0.3 is 19.9 Å². The van der Waals surface area contributed by atoms with Crippen molar-refractivity contribution < 1.29 is 14.3 Å². The van der Waals surface area contributed by atoms with Crippen LogP contribution >= 0.6 is 0 Å². The van der Waals surface area contributed by atoms with Gasteiger partial charge in [-0.2, -0.15) is 0 Å². The fourth-order valence-corrected chi connectivity index (χ4v) is 4.26. The highest BCUT2D eigenvalue weighted by atomic mass is 16.5. The zero-order valence-corrected chi connectivity index (χ0v) is 19.0. The molecule has 0 radical (unpaired) electrons. The molecule has 0 spiro atoms. The monoisotopic (exact) mass is 447 g/mol. The minimum atomic E-state index is -0.581. The van der Waals surface area contributed by atoms with Crippen LogP contribution in [0.2, 0.25) is 0 Å². The number of carbonyl (C=O) groups is 2. The number of pyridine rings is 1. The number of hydrogen-bond donors (Lipinski definition) is 1. The van der Waals surface area contributed by atoms with E-state index in [0.29, 0.717) is 24.6 Å². The zero-order chi connectivity index (χ0) is 23.5. The number of aryl methyl sites for hydroxylation is 1. The smallest absolute Gasteiger partial charge is 0.261 e. The molecule has 7 heteroatoms. The number of carbonyl (C=O) groups excluding carboxylic acids is 2. The fourth-order valence-electron chi connectivity index (χ4n) is 4.26. The molecular formula is C26H29N3O4. The number of nitrogens with zero attached hydrogens (tertiary/aromatic N) is 2. The van der Waals surface area contributed by atoms with E-state index < -0.39 is 11.9 Å². The van der Waals surface area contributed by atoms with E-state index in [2.05, 4.69) is 11.8 Å². The molecule has 2 heterocycles. The predicted octanol–water partition coefficient (Wildman–Crippen LogP) is 2.38. The number of benzene rings is 1. The molecule has 2 aliphatic rings. The van der Waals surface area contributed by atoms with Crippen molar-refractivity contribution in [1.82, 2.24) is 9.47 Å². The lowest BCUT2D eigenvalue weighted by Gasteiger charge is -2.22. The van der Waals surface area contributed by atoms with E-state index in [1.807, 2.05) is 38.1 Å². The minimum absolute atomic E-state index is 0.167. The van der Waals surface area contributed by atoms with Gasteiger partial charge in [0.05, 0.1) is 6.04 Å². The van der Waals surface area contributed by atoms with Gasteiger partial charge >= 0.3 is 0 Å². The van der Waals surface area contributed by atoms with Crippen LogP contribution in [0, 0.1) is 24.7 Å². The van der Waals surface area contributed by atoms with E-state index in [9.17, 15) is 14.4 Å². The van der Waals surface area contributed by atoms with Gasteiger partial charge in [0.25, 0.3) is 11.5 Å². The van der Waals surface area contributed by atoms with Gasteiger partial charge in [-0.05, 0) is 63.3 Å². The normalized spacial score (nSPS) is 18.4. The lowest BCUT2D eigenvalue weighted by atomic mass is 10.1. The van der Waals surface area contributed by atoms with Crippen LogP contribution in [0.4, 0.5) is 0 Å². The average Bonchev–Trinajstić information content (AvgIpc) is 3.48. The molecule has 2 fully saturated rings. The molecule has 1 aromatic carbocycles. The average molecular weight is 448 g/mol. The van der Waals surface area contributed by atoms with Gasteiger partial charge in [-0.15, -0.1) is 0 Å². The maximum Gasteiger partial charge on any atom is 0.261 e. The Labute approximate surface area is 193 Å². The Morgan fingerprint density at radius 1 is 1.18 bits per heavy atom. The van der Waals surface area contributed by atoms with Crippen LogP contribution in [0.25, 0.3) is 0 Å². The molecule has 2 N–H and O–H groups in total. The van der Waals surface area contributed by atoms with Crippen molar-refractivity contribution in [3.8, 4) is 17.6 Å². The fraction of sp³-hybridized carbons (Fsp3) is 0.423. The molecule has 172 valence electrons. The summed E-state index contributed by atoms with van der Waals surface area (Å²) in [6.07, 6.45) is 3.71. The summed E-state index contributed by atoms with van der Waals surface area (Å²) in [7, 11) is 0. The first-order chi connectivity index (χ1) is 15.8. The maximum atomic E-state index is 12.9. The van der Waals surface area contributed by atoms with E-state index in [0.717, 1.165) is 23.2 Å². The standard InChI is InChI=1S/C26H29N3O4/c1-17-14-22(33-16-25(31)28-13-3-4-23(28)26(27)32)15-24(30)29(17)18(2)21-11-9-20(10-12-21)8-7-19-5-6-19/h9-12,14-15,18-19,23H,3-6,13,16H2,1-2H3,(H2,27,32)/t18-,23-/m1/s1. The van der Waals surface area contributed by atoms with Crippen LogP contribution < -0.4 is 16.0 Å². The summed E-state index contributed by atoms with van der Waals surface area (Å²) < 4.78 is 7.30. The highest BCUT2D eigenvalue weighted by Crippen LogP contribution is 2.27. The summed E-state index contributed by atoms with van der Waals surface area (Å²) in [4.78, 5) is 38.3. The first-order valence-corrected chi connectivity index (χ1v) is 11.4. The van der Waals surface area contributed by atoms with E-state index in [1.165, 1.54) is 23.8 Å². The van der Waals surface area contributed by atoms with Gasteiger partial charge in [-0.25, -0.2) is 0 Å². The Morgan fingerprint density at radius 3 is 2.55 bits per heavy atom. The van der Waals surface area contributed by atoms with Gasteiger partial charge in [0.2, 0.25) is 5.91 Å². The van der Waals surface area contributed by atoms with E-state index in [4.69, 9.17) is 10.5 Å². The topological polar surface area (TPSA) is 94.6 Å². The van der Waals surface area contributed by atoms with Crippen LogP contribution in [0.5, 0.6) is 5.75 Å². The number of hydrogen-bond acceptors (Lipinski definition) is 4. The van der Waals surface area contributed by atoms with Crippen LogP contribution in [-0.4, -0.2) is 40.5 Å². The molecule has 1 saturated carbocycles. The predicted molar refractivity (Wildman–Crippen MR) is 125 cm³/mol.